The minimum Gasteiger partial charge on any atom is -0.492 e. The predicted molar refractivity (Wildman–Crippen MR) is 119 cm³/mol. The number of hydrogen-bond donors (Lipinski definition) is 4. The Labute approximate surface area is 179 Å². The lowest BCUT2D eigenvalue weighted by Gasteiger charge is -2.22. The highest BCUT2D eigenvalue weighted by Gasteiger charge is 2.22. The maximum atomic E-state index is 10.2. The van der Waals surface area contributed by atoms with Crippen molar-refractivity contribution in [2.24, 2.45) is 10.7 Å². The van der Waals surface area contributed by atoms with Crippen LogP contribution >= 0.6 is 11.5 Å². The van der Waals surface area contributed by atoms with Gasteiger partial charge in [-0.25, -0.2) is 0 Å². The zero-order chi connectivity index (χ0) is 20.9. The molecule has 2 aromatic carbocycles. The number of hydrogen-bond acceptors (Lipinski definition) is 7. The van der Waals surface area contributed by atoms with Crippen molar-refractivity contribution in [2.75, 3.05) is 5.32 Å². The van der Waals surface area contributed by atoms with Crippen molar-refractivity contribution < 1.29 is 14.9 Å². The number of para-hydroxylation sites is 1. The van der Waals surface area contributed by atoms with Gasteiger partial charge in [-0.2, -0.15) is 4.37 Å². The van der Waals surface area contributed by atoms with E-state index in [1.165, 1.54) is 0 Å². The number of aliphatic hydroxyl groups is 1. The first-order valence-corrected chi connectivity index (χ1v) is 10.7. The van der Waals surface area contributed by atoms with Crippen LogP contribution in [0.25, 0.3) is 0 Å². The molecule has 0 spiro atoms. The molecule has 3 aromatic rings. The fraction of sp³-hybridized carbons (Fsp3) is 0.273. The summed E-state index contributed by atoms with van der Waals surface area (Å²) in [6.45, 7) is 0. The standard InChI is InChI=1S/C22H24N4O3S/c23-20(24-14-6-10-16(27)11-7-14)19-21(28)26-30-22(19)25-15-8-12-18(13-9-15)29-17-4-2-1-3-5-17/h1-5,8-9,12-14,16,25,27H,6-7,10-11H2,(H2,23,24)(H,26,28). The van der Waals surface area contributed by atoms with Crippen LogP contribution < -0.4 is 15.8 Å². The number of aromatic hydroxyl groups is 1. The van der Waals surface area contributed by atoms with Crippen LogP contribution in [-0.2, 0) is 0 Å². The van der Waals surface area contributed by atoms with E-state index in [2.05, 4.69) is 14.7 Å². The number of anilines is 2. The zero-order valence-corrected chi connectivity index (χ0v) is 17.2. The topological polar surface area (TPSA) is 113 Å². The lowest BCUT2D eigenvalue weighted by atomic mass is 9.93. The number of rotatable bonds is 6. The van der Waals surface area contributed by atoms with E-state index in [9.17, 15) is 10.2 Å². The molecule has 1 heterocycles. The molecule has 7 nitrogen and oxygen atoms in total. The van der Waals surface area contributed by atoms with Gasteiger partial charge in [-0.15, -0.1) is 0 Å². The summed E-state index contributed by atoms with van der Waals surface area (Å²) in [5.74, 6) is 1.62. The van der Waals surface area contributed by atoms with Gasteiger partial charge in [0.25, 0.3) is 0 Å². The molecule has 0 unspecified atom stereocenters. The lowest BCUT2D eigenvalue weighted by Crippen LogP contribution is -2.24. The Hall–Kier alpha value is -3.10. The zero-order valence-electron chi connectivity index (χ0n) is 16.4. The van der Waals surface area contributed by atoms with Gasteiger partial charge in [-0.05, 0) is 73.6 Å². The molecule has 5 N–H and O–H groups in total. The van der Waals surface area contributed by atoms with E-state index in [1.807, 2.05) is 54.6 Å². The molecule has 30 heavy (non-hydrogen) atoms. The molecule has 0 atom stereocenters. The number of aliphatic hydroxyl groups excluding tert-OH is 1. The molecule has 8 heteroatoms. The van der Waals surface area contributed by atoms with Crippen molar-refractivity contribution in [3.8, 4) is 17.4 Å². The molecule has 0 bridgehead atoms. The number of benzene rings is 2. The fourth-order valence-electron chi connectivity index (χ4n) is 3.41. The second kappa shape index (κ2) is 9.15. The number of aromatic nitrogens is 1. The molecule has 1 saturated carbocycles. The second-order valence-electron chi connectivity index (χ2n) is 7.25. The van der Waals surface area contributed by atoms with Crippen LogP contribution in [0.2, 0.25) is 0 Å². The first-order chi connectivity index (χ1) is 14.6. The molecule has 0 saturated heterocycles. The molecule has 1 fully saturated rings. The molecular weight excluding hydrogens is 400 g/mol. The Morgan fingerprint density at radius 1 is 1.03 bits per heavy atom. The largest absolute Gasteiger partial charge is 0.492 e. The highest BCUT2D eigenvalue weighted by atomic mass is 32.1. The van der Waals surface area contributed by atoms with Gasteiger partial charge in [0.05, 0.1) is 12.1 Å². The van der Waals surface area contributed by atoms with Crippen LogP contribution in [0.15, 0.2) is 59.6 Å². The van der Waals surface area contributed by atoms with E-state index in [1.54, 1.807) is 0 Å². The highest BCUT2D eigenvalue weighted by molar-refractivity contribution is 7.11. The maximum Gasteiger partial charge on any atom is 0.236 e. The van der Waals surface area contributed by atoms with E-state index in [-0.39, 0.29) is 23.9 Å². The van der Waals surface area contributed by atoms with E-state index in [0.29, 0.717) is 10.6 Å². The van der Waals surface area contributed by atoms with Crippen LogP contribution in [0.3, 0.4) is 0 Å². The first kappa shape index (κ1) is 20.2. The summed E-state index contributed by atoms with van der Waals surface area (Å²) in [5.41, 5.74) is 7.43. The third-order valence-corrected chi connectivity index (χ3v) is 5.76. The van der Waals surface area contributed by atoms with Crippen molar-refractivity contribution in [3.63, 3.8) is 0 Å². The Morgan fingerprint density at radius 3 is 2.40 bits per heavy atom. The normalized spacial score (nSPS) is 19.4. The smallest absolute Gasteiger partial charge is 0.236 e. The minimum absolute atomic E-state index is 0.0509. The Bertz CT molecular complexity index is 997. The summed E-state index contributed by atoms with van der Waals surface area (Å²) in [7, 11) is 0. The summed E-state index contributed by atoms with van der Waals surface area (Å²) in [4.78, 5) is 4.57. The minimum atomic E-state index is -0.250. The quantitative estimate of drug-likeness (QED) is 0.345. The SMILES string of the molecule is NC(=NC1CCC(O)CC1)c1c(O)nsc1Nc1ccc(Oc2ccccc2)cc1. The van der Waals surface area contributed by atoms with Gasteiger partial charge in [-0.1, -0.05) is 18.2 Å². The molecule has 1 aromatic heterocycles. The Balaban J connectivity index is 1.46. The van der Waals surface area contributed by atoms with E-state index in [0.717, 1.165) is 54.4 Å². The van der Waals surface area contributed by atoms with Gasteiger partial charge in [0.1, 0.15) is 27.9 Å². The first-order valence-electron chi connectivity index (χ1n) is 9.89. The third kappa shape index (κ3) is 4.90. The number of aliphatic imine (C=N–C) groups is 1. The molecule has 0 amide bonds. The molecular formula is C22H24N4O3S. The number of nitrogens with one attached hydrogen (secondary N) is 1. The maximum absolute atomic E-state index is 10.2. The Kier molecular flexibility index (Phi) is 6.15. The molecule has 0 aliphatic heterocycles. The van der Waals surface area contributed by atoms with Gasteiger partial charge in [0.2, 0.25) is 5.88 Å². The van der Waals surface area contributed by atoms with Gasteiger partial charge < -0.3 is 26.0 Å². The van der Waals surface area contributed by atoms with E-state index in [4.69, 9.17) is 10.5 Å². The number of nitrogens with two attached hydrogens (primary N) is 1. The molecule has 1 aliphatic rings. The molecule has 1 aliphatic carbocycles. The second-order valence-corrected chi connectivity index (χ2v) is 8.02. The van der Waals surface area contributed by atoms with Crippen LogP contribution in [0.4, 0.5) is 10.7 Å². The fourth-order valence-corrected chi connectivity index (χ4v) is 4.13. The van der Waals surface area contributed by atoms with Gasteiger partial charge in [-0.3, -0.25) is 4.99 Å². The summed E-state index contributed by atoms with van der Waals surface area (Å²) in [6.07, 6.45) is 2.76. The van der Waals surface area contributed by atoms with Crippen LogP contribution in [0.1, 0.15) is 31.2 Å². The lowest BCUT2D eigenvalue weighted by molar-refractivity contribution is 0.123. The van der Waals surface area contributed by atoms with Gasteiger partial charge in [0.15, 0.2) is 0 Å². The van der Waals surface area contributed by atoms with Gasteiger partial charge >= 0.3 is 0 Å². The summed E-state index contributed by atoms with van der Waals surface area (Å²) in [5, 5.41) is 23.7. The van der Waals surface area contributed by atoms with Crippen molar-refractivity contribution in [3.05, 3.63) is 60.2 Å². The number of ether oxygens (including phenoxy) is 1. The number of amidine groups is 1. The molecule has 156 valence electrons. The summed E-state index contributed by atoms with van der Waals surface area (Å²) in [6, 6.07) is 17.1. The summed E-state index contributed by atoms with van der Waals surface area (Å²) >= 11 is 1.13. The van der Waals surface area contributed by atoms with Crippen molar-refractivity contribution >= 4 is 28.1 Å². The highest BCUT2D eigenvalue weighted by Crippen LogP contribution is 2.33. The Morgan fingerprint density at radius 2 is 1.70 bits per heavy atom. The summed E-state index contributed by atoms with van der Waals surface area (Å²) < 4.78 is 9.83. The average Bonchev–Trinajstić information content (AvgIpc) is 3.12. The predicted octanol–water partition coefficient (Wildman–Crippen LogP) is 4.39. The third-order valence-electron chi connectivity index (χ3n) is 5.01. The van der Waals surface area contributed by atoms with Crippen LogP contribution in [-0.4, -0.2) is 32.6 Å². The van der Waals surface area contributed by atoms with Gasteiger partial charge in [0, 0.05) is 5.69 Å². The average molecular weight is 425 g/mol. The van der Waals surface area contributed by atoms with E-state index < -0.39 is 0 Å². The van der Waals surface area contributed by atoms with Crippen LogP contribution in [0, 0.1) is 0 Å². The van der Waals surface area contributed by atoms with E-state index >= 15 is 0 Å². The molecule has 0 radical (unpaired) electrons. The number of nitrogens with zero attached hydrogens (tertiary/aromatic N) is 2. The molecule has 4 rings (SSSR count). The van der Waals surface area contributed by atoms with Crippen LogP contribution in [0.5, 0.6) is 17.4 Å². The monoisotopic (exact) mass is 424 g/mol. The van der Waals surface area contributed by atoms with Crippen molar-refractivity contribution in [1.82, 2.24) is 4.37 Å². The van der Waals surface area contributed by atoms with Crippen molar-refractivity contribution in [1.29, 1.82) is 0 Å². The van der Waals surface area contributed by atoms with Crippen molar-refractivity contribution in [2.45, 2.75) is 37.8 Å².